The molecule has 0 amide bonds. The Morgan fingerprint density at radius 3 is 2.42 bits per heavy atom. The highest BCUT2D eigenvalue weighted by Gasteiger charge is 2.27. The van der Waals surface area contributed by atoms with Crippen molar-refractivity contribution in [3.63, 3.8) is 0 Å². The third kappa shape index (κ3) is 7.52. The van der Waals surface area contributed by atoms with Gasteiger partial charge in [0.2, 0.25) is 10.0 Å². The Hall–Kier alpha value is -0.620. The highest BCUT2D eigenvalue weighted by atomic mass is 32.2. The third-order valence-corrected chi connectivity index (χ3v) is 5.22. The monoisotopic (exact) mass is 291 g/mol. The van der Waals surface area contributed by atoms with Crippen LogP contribution < -0.4 is 4.72 Å². The van der Waals surface area contributed by atoms with Crippen molar-refractivity contribution in [1.29, 1.82) is 0 Å². The molecule has 0 aromatic carbocycles. The molecule has 0 radical (unpaired) electrons. The van der Waals surface area contributed by atoms with Crippen molar-refractivity contribution in [3.05, 3.63) is 0 Å². The van der Waals surface area contributed by atoms with Gasteiger partial charge in [-0.25, -0.2) is 13.1 Å². The Bertz CT molecular complexity index is 387. The Morgan fingerprint density at radius 2 is 1.95 bits per heavy atom. The average molecular weight is 291 g/mol. The van der Waals surface area contributed by atoms with Gasteiger partial charge in [-0.15, -0.1) is 0 Å². The fourth-order valence-corrected chi connectivity index (χ4v) is 3.67. The van der Waals surface area contributed by atoms with Gasteiger partial charge in [0.1, 0.15) is 0 Å². The van der Waals surface area contributed by atoms with E-state index in [-0.39, 0.29) is 18.1 Å². The summed E-state index contributed by atoms with van der Waals surface area (Å²) in [6, 6.07) is 0. The quantitative estimate of drug-likeness (QED) is 0.643. The van der Waals surface area contributed by atoms with Gasteiger partial charge in [-0.2, -0.15) is 0 Å². The molecule has 0 aromatic heterocycles. The summed E-state index contributed by atoms with van der Waals surface area (Å²) >= 11 is 0. The van der Waals surface area contributed by atoms with E-state index in [9.17, 15) is 13.2 Å². The Balaban J connectivity index is 2.28. The van der Waals surface area contributed by atoms with E-state index in [4.69, 9.17) is 5.11 Å². The number of rotatable bonds is 10. The van der Waals surface area contributed by atoms with Crippen molar-refractivity contribution in [2.75, 3.05) is 12.3 Å². The standard InChI is InChI=1S/C13H25NO4S/c1-10(2)12(5-6-13(15)16)7-8-14-19(17,18)9-11-3-4-11/h10-12,14H,3-9H2,1-2H3,(H,15,16). The van der Waals surface area contributed by atoms with Gasteiger partial charge in [0, 0.05) is 13.0 Å². The van der Waals surface area contributed by atoms with Gasteiger partial charge >= 0.3 is 5.97 Å². The van der Waals surface area contributed by atoms with E-state index in [0.717, 1.165) is 12.8 Å². The van der Waals surface area contributed by atoms with Crippen LogP contribution in [0, 0.1) is 17.8 Å². The van der Waals surface area contributed by atoms with Crippen LogP contribution in [0.2, 0.25) is 0 Å². The molecule has 0 heterocycles. The molecule has 6 heteroatoms. The zero-order valence-electron chi connectivity index (χ0n) is 11.8. The number of sulfonamides is 1. The molecule has 2 N–H and O–H groups in total. The zero-order valence-corrected chi connectivity index (χ0v) is 12.6. The molecule has 1 unspecified atom stereocenters. The summed E-state index contributed by atoms with van der Waals surface area (Å²) in [7, 11) is -3.14. The maximum Gasteiger partial charge on any atom is 0.303 e. The molecular weight excluding hydrogens is 266 g/mol. The summed E-state index contributed by atoms with van der Waals surface area (Å²) in [6.07, 6.45) is 3.51. The topological polar surface area (TPSA) is 83.5 Å². The van der Waals surface area contributed by atoms with E-state index in [0.29, 0.717) is 31.2 Å². The molecule has 112 valence electrons. The van der Waals surface area contributed by atoms with E-state index in [1.165, 1.54) is 0 Å². The third-order valence-electron chi connectivity index (χ3n) is 3.66. The summed E-state index contributed by atoms with van der Waals surface area (Å²) < 4.78 is 26.0. The van der Waals surface area contributed by atoms with Crippen LogP contribution in [0.25, 0.3) is 0 Å². The SMILES string of the molecule is CC(C)C(CCNS(=O)(=O)CC1CC1)CCC(=O)O. The number of carboxylic acids is 1. The summed E-state index contributed by atoms with van der Waals surface area (Å²) in [5.74, 6) is 0.423. The van der Waals surface area contributed by atoms with Crippen LogP contribution in [-0.4, -0.2) is 31.8 Å². The maximum absolute atomic E-state index is 11.7. The molecule has 19 heavy (non-hydrogen) atoms. The molecule has 1 aliphatic carbocycles. The summed E-state index contributed by atoms with van der Waals surface area (Å²) in [4.78, 5) is 10.6. The number of hydrogen-bond acceptors (Lipinski definition) is 3. The first-order valence-corrected chi connectivity index (χ1v) is 8.64. The Morgan fingerprint density at radius 1 is 1.32 bits per heavy atom. The lowest BCUT2D eigenvalue weighted by molar-refractivity contribution is -0.137. The van der Waals surface area contributed by atoms with Crippen LogP contribution in [0.15, 0.2) is 0 Å². The Kier molecular flexibility index (Phi) is 6.26. The van der Waals surface area contributed by atoms with Crippen LogP contribution in [0.4, 0.5) is 0 Å². The molecule has 0 bridgehead atoms. The smallest absolute Gasteiger partial charge is 0.303 e. The molecule has 1 aliphatic rings. The molecule has 5 nitrogen and oxygen atoms in total. The van der Waals surface area contributed by atoms with Gasteiger partial charge in [0.15, 0.2) is 0 Å². The van der Waals surface area contributed by atoms with Crippen LogP contribution >= 0.6 is 0 Å². The maximum atomic E-state index is 11.7. The predicted molar refractivity (Wildman–Crippen MR) is 74.3 cm³/mol. The fraction of sp³-hybridized carbons (Fsp3) is 0.923. The minimum Gasteiger partial charge on any atom is -0.481 e. The van der Waals surface area contributed by atoms with E-state index < -0.39 is 16.0 Å². The first-order valence-electron chi connectivity index (χ1n) is 6.99. The van der Waals surface area contributed by atoms with Gasteiger partial charge in [-0.3, -0.25) is 4.79 Å². The summed E-state index contributed by atoms with van der Waals surface area (Å²) in [5, 5.41) is 8.69. The summed E-state index contributed by atoms with van der Waals surface area (Å²) in [5.41, 5.74) is 0. The number of aliphatic carboxylic acids is 1. The second-order valence-electron chi connectivity index (χ2n) is 5.84. The molecule has 1 rings (SSSR count). The van der Waals surface area contributed by atoms with Crippen molar-refractivity contribution in [3.8, 4) is 0 Å². The van der Waals surface area contributed by atoms with E-state index in [1.54, 1.807) is 0 Å². The lowest BCUT2D eigenvalue weighted by atomic mass is 9.88. The van der Waals surface area contributed by atoms with Crippen LogP contribution in [0.5, 0.6) is 0 Å². The lowest BCUT2D eigenvalue weighted by Gasteiger charge is -2.20. The number of carboxylic acid groups (broad SMARTS) is 1. The Labute approximate surface area is 115 Å². The van der Waals surface area contributed by atoms with Crippen LogP contribution in [-0.2, 0) is 14.8 Å². The van der Waals surface area contributed by atoms with Crippen molar-refractivity contribution < 1.29 is 18.3 Å². The fourth-order valence-electron chi connectivity index (χ4n) is 2.17. The molecule has 0 spiro atoms. The molecule has 0 aliphatic heterocycles. The van der Waals surface area contributed by atoms with E-state index in [1.807, 2.05) is 13.8 Å². The number of nitrogens with one attached hydrogen (secondary N) is 1. The first-order chi connectivity index (χ1) is 8.80. The first kappa shape index (κ1) is 16.4. The molecule has 0 aromatic rings. The van der Waals surface area contributed by atoms with Crippen LogP contribution in [0.3, 0.4) is 0 Å². The molecule has 1 saturated carbocycles. The molecule has 0 saturated heterocycles. The van der Waals surface area contributed by atoms with Gasteiger partial charge in [-0.1, -0.05) is 13.8 Å². The van der Waals surface area contributed by atoms with Crippen LogP contribution in [0.1, 0.15) is 46.0 Å². The van der Waals surface area contributed by atoms with Crippen molar-refractivity contribution in [2.45, 2.75) is 46.0 Å². The predicted octanol–water partition coefficient (Wildman–Crippen LogP) is 1.84. The van der Waals surface area contributed by atoms with Crippen molar-refractivity contribution in [1.82, 2.24) is 4.72 Å². The average Bonchev–Trinajstić information content (AvgIpc) is 3.05. The zero-order chi connectivity index (χ0) is 14.5. The molecule has 1 atom stereocenters. The van der Waals surface area contributed by atoms with Gasteiger partial charge in [-0.05, 0) is 43.4 Å². The number of hydrogen-bond donors (Lipinski definition) is 2. The van der Waals surface area contributed by atoms with Crippen molar-refractivity contribution >= 4 is 16.0 Å². The summed E-state index contributed by atoms with van der Waals surface area (Å²) in [6.45, 7) is 4.51. The number of carbonyl (C=O) groups is 1. The van der Waals surface area contributed by atoms with E-state index >= 15 is 0 Å². The van der Waals surface area contributed by atoms with Gasteiger partial charge < -0.3 is 5.11 Å². The minimum atomic E-state index is -3.14. The highest BCUT2D eigenvalue weighted by Crippen LogP contribution is 2.30. The molecule has 1 fully saturated rings. The largest absolute Gasteiger partial charge is 0.481 e. The van der Waals surface area contributed by atoms with Crippen molar-refractivity contribution in [2.24, 2.45) is 17.8 Å². The second-order valence-corrected chi connectivity index (χ2v) is 7.70. The normalized spacial score (nSPS) is 17.6. The van der Waals surface area contributed by atoms with Gasteiger partial charge in [0.25, 0.3) is 0 Å². The lowest BCUT2D eigenvalue weighted by Crippen LogP contribution is -2.30. The molecular formula is C13H25NO4S. The second kappa shape index (κ2) is 7.24. The highest BCUT2D eigenvalue weighted by molar-refractivity contribution is 7.89. The van der Waals surface area contributed by atoms with Gasteiger partial charge in [0.05, 0.1) is 5.75 Å². The van der Waals surface area contributed by atoms with E-state index in [2.05, 4.69) is 4.72 Å². The minimum absolute atomic E-state index is 0.150.